The van der Waals surface area contributed by atoms with Gasteiger partial charge in [-0.3, -0.25) is 4.79 Å². The van der Waals surface area contributed by atoms with Crippen LogP contribution in [-0.2, 0) is 27.8 Å². The van der Waals surface area contributed by atoms with Gasteiger partial charge < -0.3 is 5.32 Å². The molecule has 1 saturated carbocycles. The van der Waals surface area contributed by atoms with Gasteiger partial charge >= 0.3 is 0 Å². The third-order valence-corrected chi connectivity index (χ3v) is 6.94. The maximum atomic E-state index is 12.5. The zero-order chi connectivity index (χ0) is 17.0. The normalized spacial score (nSPS) is 19.7. The molecule has 1 aromatic rings. The molecule has 1 N–H and O–H groups in total. The molecule has 132 valence electrons. The van der Waals surface area contributed by atoms with Gasteiger partial charge in [-0.15, -0.1) is 0 Å². The Kier molecular flexibility index (Phi) is 5.56. The number of carbonyl (C=O) groups excluding carboxylic acids is 1. The number of hydrogen-bond acceptors (Lipinski definition) is 3. The predicted molar refractivity (Wildman–Crippen MR) is 93.9 cm³/mol. The summed E-state index contributed by atoms with van der Waals surface area (Å²) in [5.74, 6) is 0.0744. The summed E-state index contributed by atoms with van der Waals surface area (Å²) in [6.45, 7) is 1.17. The van der Waals surface area contributed by atoms with Crippen LogP contribution in [0.4, 0.5) is 0 Å². The van der Waals surface area contributed by atoms with Crippen LogP contribution in [-0.4, -0.2) is 37.5 Å². The average molecular weight is 350 g/mol. The van der Waals surface area contributed by atoms with Gasteiger partial charge in [-0.1, -0.05) is 43.5 Å². The summed E-state index contributed by atoms with van der Waals surface area (Å²) in [5.41, 5.74) is 2.31. The van der Waals surface area contributed by atoms with Crippen molar-refractivity contribution in [3.8, 4) is 0 Å². The number of carbonyl (C=O) groups is 1. The molecule has 0 unspecified atom stereocenters. The van der Waals surface area contributed by atoms with Crippen molar-refractivity contribution in [1.82, 2.24) is 9.62 Å². The summed E-state index contributed by atoms with van der Waals surface area (Å²) in [7, 11) is -3.33. The van der Waals surface area contributed by atoms with Crippen LogP contribution in [0.5, 0.6) is 0 Å². The van der Waals surface area contributed by atoms with Gasteiger partial charge in [-0.05, 0) is 30.4 Å². The van der Waals surface area contributed by atoms with Crippen LogP contribution in [0.15, 0.2) is 24.3 Å². The number of rotatable bonds is 5. The molecule has 0 atom stereocenters. The first-order valence-corrected chi connectivity index (χ1v) is 10.5. The highest BCUT2D eigenvalue weighted by Crippen LogP contribution is 2.24. The van der Waals surface area contributed by atoms with Gasteiger partial charge in [0, 0.05) is 25.6 Å². The van der Waals surface area contributed by atoms with Crippen molar-refractivity contribution < 1.29 is 13.2 Å². The van der Waals surface area contributed by atoms with Crippen LogP contribution in [0.25, 0.3) is 0 Å². The summed E-state index contributed by atoms with van der Waals surface area (Å²) in [6, 6.07) is 7.98. The quantitative estimate of drug-likeness (QED) is 0.884. The van der Waals surface area contributed by atoms with Crippen LogP contribution in [0.2, 0.25) is 0 Å². The molecule has 0 bridgehead atoms. The lowest BCUT2D eigenvalue weighted by Gasteiger charge is -2.28. The van der Waals surface area contributed by atoms with Crippen molar-refractivity contribution >= 4 is 15.9 Å². The summed E-state index contributed by atoms with van der Waals surface area (Å²) in [5, 5.41) is 2.82. The molecule has 2 aliphatic rings. The third-order valence-electron chi connectivity index (χ3n) is 5.12. The molecule has 1 amide bonds. The van der Waals surface area contributed by atoms with E-state index < -0.39 is 10.0 Å². The van der Waals surface area contributed by atoms with Gasteiger partial charge in [0.05, 0.1) is 5.75 Å². The van der Waals surface area contributed by atoms with E-state index in [-0.39, 0.29) is 24.1 Å². The second-order valence-electron chi connectivity index (χ2n) is 6.79. The molecule has 3 rings (SSSR count). The molecular weight excluding hydrogens is 324 g/mol. The number of nitrogens with zero attached hydrogens (tertiary/aromatic N) is 1. The van der Waals surface area contributed by atoms with Crippen molar-refractivity contribution in [1.29, 1.82) is 0 Å². The van der Waals surface area contributed by atoms with Gasteiger partial charge in [0.15, 0.2) is 0 Å². The summed E-state index contributed by atoms with van der Waals surface area (Å²) in [6.07, 6.45) is 6.02. The predicted octanol–water partition coefficient (Wildman–Crippen LogP) is 2.07. The molecule has 1 heterocycles. The lowest BCUT2D eigenvalue weighted by Crippen LogP contribution is -2.41. The molecule has 0 aromatic heterocycles. The van der Waals surface area contributed by atoms with E-state index in [9.17, 15) is 13.2 Å². The fourth-order valence-corrected chi connectivity index (χ4v) is 4.97. The van der Waals surface area contributed by atoms with E-state index in [0.717, 1.165) is 37.7 Å². The highest BCUT2D eigenvalue weighted by atomic mass is 32.2. The molecule has 1 aromatic carbocycles. The van der Waals surface area contributed by atoms with E-state index in [1.54, 1.807) is 4.31 Å². The standard InChI is InChI=1S/C18H26N2O3S/c21-18(16-7-2-1-3-8-16)19-11-13-24(22,23)20-12-10-15-6-4-5-9-17(15)14-20/h4-6,9,16H,1-3,7-8,10-14H2,(H,19,21). The van der Waals surface area contributed by atoms with Crippen molar-refractivity contribution in [2.75, 3.05) is 18.8 Å². The Morgan fingerprint density at radius 2 is 1.83 bits per heavy atom. The summed E-state index contributed by atoms with van der Waals surface area (Å²) in [4.78, 5) is 12.1. The maximum absolute atomic E-state index is 12.5. The van der Waals surface area contributed by atoms with Gasteiger partial charge in [0.2, 0.25) is 15.9 Å². The maximum Gasteiger partial charge on any atom is 0.223 e. The fourth-order valence-electron chi connectivity index (χ4n) is 3.65. The number of fused-ring (bicyclic) bond motifs is 1. The molecule has 5 nitrogen and oxygen atoms in total. The van der Waals surface area contributed by atoms with E-state index in [1.165, 1.54) is 12.0 Å². The molecule has 0 spiro atoms. The molecule has 1 aliphatic carbocycles. The minimum absolute atomic E-state index is 0.0202. The van der Waals surface area contributed by atoms with Crippen LogP contribution >= 0.6 is 0 Å². The largest absolute Gasteiger partial charge is 0.355 e. The van der Waals surface area contributed by atoms with Crippen LogP contribution < -0.4 is 5.32 Å². The van der Waals surface area contributed by atoms with E-state index in [4.69, 9.17) is 0 Å². The van der Waals surface area contributed by atoms with E-state index in [1.807, 2.05) is 18.2 Å². The summed E-state index contributed by atoms with van der Waals surface area (Å²) >= 11 is 0. The second-order valence-corrected chi connectivity index (χ2v) is 8.88. The molecule has 24 heavy (non-hydrogen) atoms. The Bertz CT molecular complexity index is 681. The fraction of sp³-hybridized carbons (Fsp3) is 0.611. The minimum Gasteiger partial charge on any atom is -0.355 e. The lowest BCUT2D eigenvalue weighted by atomic mass is 9.89. The first kappa shape index (κ1) is 17.4. The smallest absolute Gasteiger partial charge is 0.223 e. The number of benzene rings is 1. The zero-order valence-corrected chi connectivity index (χ0v) is 14.9. The van der Waals surface area contributed by atoms with Crippen molar-refractivity contribution in [3.05, 3.63) is 35.4 Å². The first-order valence-electron chi connectivity index (χ1n) is 8.88. The monoisotopic (exact) mass is 350 g/mol. The molecule has 1 aliphatic heterocycles. The number of sulfonamides is 1. The number of amides is 1. The highest BCUT2D eigenvalue weighted by molar-refractivity contribution is 7.89. The van der Waals surface area contributed by atoms with Crippen molar-refractivity contribution in [2.45, 2.75) is 45.1 Å². The Morgan fingerprint density at radius 3 is 2.58 bits per heavy atom. The minimum atomic E-state index is -3.33. The Hall–Kier alpha value is -1.40. The van der Waals surface area contributed by atoms with Crippen LogP contribution in [0.3, 0.4) is 0 Å². The van der Waals surface area contributed by atoms with Gasteiger partial charge in [0.1, 0.15) is 0 Å². The first-order chi connectivity index (χ1) is 11.6. The Labute approximate surface area is 144 Å². The molecule has 0 saturated heterocycles. The van der Waals surface area contributed by atoms with Gasteiger partial charge in [0.25, 0.3) is 0 Å². The average Bonchev–Trinajstić information content (AvgIpc) is 2.62. The number of hydrogen-bond donors (Lipinski definition) is 1. The zero-order valence-electron chi connectivity index (χ0n) is 14.0. The highest BCUT2D eigenvalue weighted by Gasteiger charge is 2.27. The SMILES string of the molecule is O=C(NCCS(=O)(=O)N1CCc2ccccc2C1)C1CCCCC1. The molecule has 0 radical (unpaired) electrons. The number of nitrogens with one attached hydrogen (secondary N) is 1. The van der Waals surface area contributed by atoms with Crippen LogP contribution in [0, 0.1) is 5.92 Å². The van der Waals surface area contributed by atoms with Crippen molar-refractivity contribution in [2.24, 2.45) is 5.92 Å². The molecular formula is C18H26N2O3S. The Morgan fingerprint density at radius 1 is 1.12 bits per heavy atom. The van der Waals surface area contributed by atoms with E-state index >= 15 is 0 Å². The summed E-state index contributed by atoms with van der Waals surface area (Å²) < 4.78 is 26.6. The second kappa shape index (κ2) is 7.66. The van der Waals surface area contributed by atoms with E-state index in [0.29, 0.717) is 13.1 Å². The van der Waals surface area contributed by atoms with Gasteiger partial charge in [-0.25, -0.2) is 8.42 Å². The van der Waals surface area contributed by atoms with Crippen molar-refractivity contribution in [3.63, 3.8) is 0 Å². The lowest BCUT2D eigenvalue weighted by molar-refractivity contribution is -0.125. The van der Waals surface area contributed by atoms with E-state index in [2.05, 4.69) is 11.4 Å². The molecule has 6 heteroatoms. The third kappa shape index (κ3) is 4.16. The Balaban J connectivity index is 1.50. The molecule has 1 fully saturated rings. The topological polar surface area (TPSA) is 66.5 Å². The van der Waals surface area contributed by atoms with Gasteiger partial charge in [-0.2, -0.15) is 4.31 Å². The van der Waals surface area contributed by atoms with Crippen LogP contribution in [0.1, 0.15) is 43.2 Å².